The molecule has 12 nitrogen and oxygen atoms in total. The fourth-order valence-electron chi connectivity index (χ4n) is 6.74. The highest BCUT2D eigenvalue weighted by atomic mass is 16.6. The van der Waals surface area contributed by atoms with Crippen molar-refractivity contribution in [3.8, 4) is 0 Å². The lowest BCUT2D eigenvalue weighted by Gasteiger charge is -2.21. The van der Waals surface area contributed by atoms with Crippen LogP contribution in [0.15, 0.2) is 97.3 Å². The molecule has 0 bridgehead atoms. The highest BCUT2D eigenvalue weighted by Crippen LogP contribution is 2.34. The van der Waals surface area contributed by atoms with Crippen LogP contribution in [0.1, 0.15) is 43.5 Å². The highest BCUT2D eigenvalue weighted by molar-refractivity contribution is 5.85. The van der Waals surface area contributed by atoms with Gasteiger partial charge in [0, 0.05) is 46.1 Å². The number of aromatic nitrogens is 4. The van der Waals surface area contributed by atoms with E-state index >= 15 is 0 Å². The Bertz CT molecular complexity index is 1830. The van der Waals surface area contributed by atoms with Gasteiger partial charge in [-0.05, 0) is 30.0 Å². The summed E-state index contributed by atoms with van der Waals surface area (Å²) in [6.07, 6.45) is -2.96. The van der Waals surface area contributed by atoms with Gasteiger partial charge in [-0.2, -0.15) is 9.97 Å². The van der Waals surface area contributed by atoms with Gasteiger partial charge < -0.3 is 30.9 Å². The molecule has 2 saturated heterocycles. The molecule has 0 radical (unpaired) electrons. The van der Waals surface area contributed by atoms with Gasteiger partial charge in [0.05, 0.1) is 6.33 Å². The number of carbonyl (C=O) groups excluding carboxylic acids is 1. The molecule has 5 aromatic rings. The number of hydrogen-bond donors (Lipinski definition) is 5. The molecule has 2 fully saturated rings. The largest absolute Gasteiger partial charge is 0.387 e. The second kappa shape index (κ2) is 14.7. The predicted molar refractivity (Wildman–Crippen MR) is 187 cm³/mol. The molecule has 2 aromatic heterocycles. The number of nitrogens with one attached hydrogen (secondary N) is 3. The Kier molecular flexibility index (Phi) is 9.42. The summed E-state index contributed by atoms with van der Waals surface area (Å²) in [6.45, 7) is 3.20. The standard InChI is InChI=1S/C37H42N8O4/c1-2-38-35(48)32-30(46)31(47)36(49-32)45-23-40-29-33(39-20-28(25-14-8-4-9-15-25)26-16-10-5-11-17-26)42-37(43-34(29)45)41-27-18-19-44(22-27)21-24-12-6-3-7-13-24/h3-17,23,27-28,30-32,36,46-47H,2,18-22H2,1H3,(H,38,48)(H2,39,41,42,43)/t27?,30-,31+,32-,36?/m0/s1/i1D. The highest BCUT2D eigenvalue weighted by Gasteiger charge is 2.47. The molecule has 0 spiro atoms. The molecule has 1 amide bonds. The van der Waals surface area contributed by atoms with Gasteiger partial charge in [-0.25, -0.2) is 4.98 Å². The summed E-state index contributed by atoms with van der Waals surface area (Å²) >= 11 is 0. The summed E-state index contributed by atoms with van der Waals surface area (Å²) < 4.78 is 14.8. The van der Waals surface area contributed by atoms with Gasteiger partial charge in [0.2, 0.25) is 5.95 Å². The quantitative estimate of drug-likeness (QED) is 0.134. The number of amides is 1. The van der Waals surface area contributed by atoms with Crippen LogP contribution in [-0.2, 0) is 16.1 Å². The van der Waals surface area contributed by atoms with Crippen LogP contribution in [0.3, 0.4) is 0 Å². The van der Waals surface area contributed by atoms with E-state index in [0.29, 0.717) is 29.5 Å². The lowest BCUT2D eigenvalue weighted by atomic mass is 9.91. The van der Waals surface area contributed by atoms with Crippen molar-refractivity contribution in [2.24, 2.45) is 0 Å². The van der Waals surface area contributed by atoms with E-state index in [1.807, 2.05) is 42.5 Å². The Morgan fingerprint density at radius 3 is 2.37 bits per heavy atom. The maximum Gasteiger partial charge on any atom is 0.252 e. The Balaban J connectivity index is 1.19. The van der Waals surface area contributed by atoms with E-state index in [4.69, 9.17) is 16.1 Å². The summed E-state index contributed by atoms with van der Waals surface area (Å²) in [7, 11) is 0. The third-order valence-electron chi connectivity index (χ3n) is 9.22. The molecule has 2 aliphatic rings. The number of fused-ring (bicyclic) bond motifs is 1. The first-order valence-corrected chi connectivity index (χ1v) is 16.7. The zero-order valence-corrected chi connectivity index (χ0v) is 27.1. The van der Waals surface area contributed by atoms with E-state index in [-0.39, 0.29) is 25.4 Å². The third-order valence-corrected chi connectivity index (χ3v) is 9.22. The fourth-order valence-corrected chi connectivity index (χ4v) is 6.74. The van der Waals surface area contributed by atoms with E-state index in [0.717, 1.165) is 37.2 Å². The number of anilines is 2. The fraction of sp³-hybridized carbons (Fsp3) is 0.351. The molecule has 7 rings (SSSR count). The molecule has 4 heterocycles. The molecule has 3 aromatic carbocycles. The lowest BCUT2D eigenvalue weighted by molar-refractivity contribution is -0.137. The Hall–Kier alpha value is -4.88. The second-order valence-corrected chi connectivity index (χ2v) is 12.5. The smallest absolute Gasteiger partial charge is 0.252 e. The van der Waals surface area contributed by atoms with Gasteiger partial charge in [-0.1, -0.05) is 91.0 Å². The third kappa shape index (κ3) is 7.13. The normalized spacial score (nSPS) is 22.8. The van der Waals surface area contributed by atoms with Crippen molar-refractivity contribution in [3.05, 3.63) is 114 Å². The minimum atomic E-state index is -1.48. The van der Waals surface area contributed by atoms with Gasteiger partial charge in [0.25, 0.3) is 5.91 Å². The second-order valence-electron chi connectivity index (χ2n) is 12.5. The van der Waals surface area contributed by atoms with Crippen LogP contribution in [0.25, 0.3) is 11.2 Å². The number of rotatable bonds is 12. The van der Waals surface area contributed by atoms with Gasteiger partial charge >= 0.3 is 0 Å². The van der Waals surface area contributed by atoms with Crippen molar-refractivity contribution in [2.75, 3.05) is 36.8 Å². The number of ether oxygens (including phenoxy) is 1. The van der Waals surface area contributed by atoms with Crippen molar-refractivity contribution >= 4 is 28.8 Å². The van der Waals surface area contributed by atoms with E-state index < -0.39 is 30.4 Å². The molecule has 254 valence electrons. The summed E-state index contributed by atoms with van der Waals surface area (Å²) in [6, 6.07) is 31.1. The number of aliphatic hydroxyl groups excluding tert-OH is 2. The van der Waals surface area contributed by atoms with Crippen molar-refractivity contribution in [3.63, 3.8) is 0 Å². The summed E-state index contributed by atoms with van der Waals surface area (Å²) in [5.74, 6) is 0.316. The average Bonchev–Trinajstić information content (AvgIpc) is 3.86. The minimum absolute atomic E-state index is 0.0143. The molecule has 49 heavy (non-hydrogen) atoms. The first-order valence-electron chi connectivity index (χ1n) is 17.4. The first kappa shape index (κ1) is 31.4. The predicted octanol–water partition coefficient (Wildman–Crippen LogP) is 3.51. The number of carbonyl (C=O) groups is 1. The summed E-state index contributed by atoms with van der Waals surface area (Å²) in [5, 5.41) is 31.5. The van der Waals surface area contributed by atoms with Crippen LogP contribution in [0.4, 0.5) is 11.8 Å². The number of nitrogens with zero attached hydrogens (tertiary/aromatic N) is 5. The number of benzene rings is 3. The Labute approximate surface area is 286 Å². The Morgan fingerprint density at radius 1 is 0.980 bits per heavy atom. The number of hydrogen-bond acceptors (Lipinski definition) is 10. The maximum atomic E-state index is 12.7. The minimum Gasteiger partial charge on any atom is -0.387 e. The van der Waals surface area contributed by atoms with Gasteiger partial charge in [-0.3, -0.25) is 14.3 Å². The Morgan fingerprint density at radius 2 is 1.67 bits per heavy atom. The van der Waals surface area contributed by atoms with E-state index in [1.54, 1.807) is 4.57 Å². The van der Waals surface area contributed by atoms with E-state index in [1.165, 1.54) is 11.9 Å². The molecule has 2 unspecified atom stereocenters. The molecule has 12 heteroatoms. The van der Waals surface area contributed by atoms with Gasteiger partial charge in [0.15, 0.2) is 29.3 Å². The molecule has 5 atom stereocenters. The SMILES string of the molecule is [2H]CCNC(=O)[C@H]1OC(n2cnc3c(NCC(c4ccccc4)c4ccccc4)nc(NC4CCN(Cc5ccccc5)C4)nc32)[C@H](O)[C@@H]1O. The van der Waals surface area contributed by atoms with Crippen molar-refractivity contribution in [1.82, 2.24) is 29.7 Å². The van der Waals surface area contributed by atoms with E-state index in [2.05, 4.69) is 74.4 Å². The zero-order valence-electron chi connectivity index (χ0n) is 28.1. The average molecular weight is 664 g/mol. The topological polar surface area (TPSA) is 150 Å². The van der Waals surface area contributed by atoms with Crippen LogP contribution < -0.4 is 16.0 Å². The number of likely N-dealkylation sites (N-methyl/N-ethyl adjacent to an activating group) is 1. The summed E-state index contributed by atoms with van der Waals surface area (Å²) in [5.41, 5.74) is 4.40. The molecule has 0 aliphatic carbocycles. The van der Waals surface area contributed by atoms with Crippen molar-refractivity contribution in [2.45, 2.75) is 56.4 Å². The summed E-state index contributed by atoms with van der Waals surface area (Å²) in [4.78, 5) is 29.5. The lowest BCUT2D eigenvalue weighted by Crippen LogP contribution is -2.42. The van der Waals surface area contributed by atoms with Crippen LogP contribution in [0.5, 0.6) is 0 Å². The van der Waals surface area contributed by atoms with Crippen molar-refractivity contribution < 1.29 is 21.1 Å². The van der Waals surface area contributed by atoms with Crippen LogP contribution >= 0.6 is 0 Å². The van der Waals surface area contributed by atoms with Crippen LogP contribution in [0.2, 0.25) is 0 Å². The molecule has 5 N–H and O–H groups in total. The molecular weight excluding hydrogens is 620 g/mol. The molecule has 0 saturated carbocycles. The number of aliphatic hydroxyl groups is 2. The molecule has 2 aliphatic heterocycles. The van der Waals surface area contributed by atoms with Crippen LogP contribution in [-0.4, -0.2) is 91.1 Å². The van der Waals surface area contributed by atoms with Gasteiger partial charge in [0.1, 0.15) is 12.2 Å². The number of likely N-dealkylation sites (tertiary alicyclic amines) is 1. The molecular formula is C37H42N8O4. The maximum absolute atomic E-state index is 12.7. The van der Waals surface area contributed by atoms with E-state index in [9.17, 15) is 15.0 Å². The van der Waals surface area contributed by atoms with Gasteiger partial charge in [-0.15, -0.1) is 0 Å². The zero-order chi connectivity index (χ0) is 34.5. The monoisotopic (exact) mass is 663 g/mol. The van der Waals surface area contributed by atoms with Crippen LogP contribution in [0, 0.1) is 0 Å². The van der Waals surface area contributed by atoms with Crippen molar-refractivity contribution in [1.29, 1.82) is 0 Å². The first-order chi connectivity index (χ1) is 24.5. The number of imidazole rings is 1.